The van der Waals surface area contributed by atoms with Crippen LogP contribution in [0.4, 0.5) is 0 Å². The van der Waals surface area contributed by atoms with Crippen LogP contribution in [-0.2, 0) is 17.8 Å². The highest BCUT2D eigenvalue weighted by Crippen LogP contribution is 2.27. The summed E-state index contributed by atoms with van der Waals surface area (Å²) in [4.78, 5) is 23.7. The van der Waals surface area contributed by atoms with Gasteiger partial charge in [-0.2, -0.15) is 11.8 Å². The van der Waals surface area contributed by atoms with E-state index in [1.807, 2.05) is 11.8 Å². The van der Waals surface area contributed by atoms with Gasteiger partial charge in [0, 0.05) is 49.0 Å². The SMILES string of the molecule is CCc1nc(CNC(=NC)NC2CCC(C(=O)N3CCSCC3)CC2)cs1. The van der Waals surface area contributed by atoms with Crippen molar-refractivity contribution in [2.45, 2.75) is 51.6 Å². The average molecular weight is 410 g/mol. The molecule has 1 amide bonds. The summed E-state index contributed by atoms with van der Waals surface area (Å²) < 4.78 is 0. The number of aromatic nitrogens is 1. The molecule has 1 aliphatic heterocycles. The van der Waals surface area contributed by atoms with Gasteiger partial charge in [-0.3, -0.25) is 9.79 Å². The second kappa shape index (κ2) is 10.3. The standard InChI is InChI=1S/C19H31N5OS2/c1-3-17-22-16(13-27-17)12-21-19(20-2)23-15-6-4-14(5-7-15)18(25)24-8-10-26-11-9-24/h13-15H,3-12H2,1-2H3,(H2,20,21,23). The predicted octanol–water partition coefficient (Wildman–Crippen LogP) is 2.50. The van der Waals surface area contributed by atoms with Crippen molar-refractivity contribution in [3.05, 3.63) is 16.1 Å². The fraction of sp³-hybridized carbons (Fsp3) is 0.737. The quantitative estimate of drug-likeness (QED) is 0.578. The third-order valence-electron chi connectivity index (χ3n) is 5.30. The van der Waals surface area contributed by atoms with Crippen LogP contribution >= 0.6 is 23.1 Å². The molecule has 6 nitrogen and oxygen atoms in total. The molecule has 2 aliphatic rings. The Morgan fingerprint density at radius 1 is 1.30 bits per heavy atom. The molecule has 0 unspecified atom stereocenters. The molecule has 1 aliphatic carbocycles. The smallest absolute Gasteiger partial charge is 0.225 e. The molecule has 2 fully saturated rings. The highest BCUT2D eigenvalue weighted by Gasteiger charge is 2.30. The molecule has 0 radical (unpaired) electrons. The fourth-order valence-corrected chi connectivity index (χ4v) is 5.33. The highest BCUT2D eigenvalue weighted by atomic mass is 32.2. The first-order chi connectivity index (χ1) is 13.2. The first kappa shape index (κ1) is 20.5. The number of aryl methyl sites for hydroxylation is 1. The maximum Gasteiger partial charge on any atom is 0.225 e. The monoisotopic (exact) mass is 409 g/mol. The van der Waals surface area contributed by atoms with Gasteiger partial charge in [-0.1, -0.05) is 6.92 Å². The first-order valence-electron chi connectivity index (χ1n) is 9.96. The van der Waals surface area contributed by atoms with Crippen LogP contribution in [0.15, 0.2) is 10.4 Å². The summed E-state index contributed by atoms with van der Waals surface area (Å²) in [5.41, 5.74) is 1.06. The number of aliphatic imine (C=N–C) groups is 1. The number of thiazole rings is 1. The van der Waals surface area contributed by atoms with E-state index in [1.54, 1.807) is 18.4 Å². The van der Waals surface area contributed by atoms with Crippen LogP contribution in [-0.4, -0.2) is 59.4 Å². The van der Waals surface area contributed by atoms with Crippen molar-refractivity contribution in [2.24, 2.45) is 10.9 Å². The molecule has 0 bridgehead atoms. The van der Waals surface area contributed by atoms with E-state index in [9.17, 15) is 4.79 Å². The van der Waals surface area contributed by atoms with Crippen molar-refractivity contribution in [1.82, 2.24) is 20.5 Å². The minimum atomic E-state index is 0.212. The summed E-state index contributed by atoms with van der Waals surface area (Å²) in [6.45, 7) is 4.67. The Morgan fingerprint density at radius 2 is 2.04 bits per heavy atom. The van der Waals surface area contributed by atoms with Crippen molar-refractivity contribution < 1.29 is 4.79 Å². The number of guanidine groups is 1. The second-order valence-electron chi connectivity index (χ2n) is 7.14. The van der Waals surface area contributed by atoms with E-state index in [0.29, 0.717) is 18.5 Å². The summed E-state index contributed by atoms with van der Waals surface area (Å²) in [7, 11) is 1.80. The fourth-order valence-electron chi connectivity index (χ4n) is 3.68. The lowest BCUT2D eigenvalue weighted by Crippen LogP contribution is -2.47. The van der Waals surface area contributed by atoms with Gasteiger partial charge in [0.15, 0.2) is 5.96 Å². The molecule has 1 saturated carbocycles. The molecule has 1 aromatic heterocycles. The molecule has 2 N–H and O–H groups in total. The predicted molar refractivity (Wildman–Crippen MR) is 114 cm³/mol. The number of nitrogens with one attached hydrogen (secondary N) is 2. The Kier molecular flexibility index (Phi) is 7.81. The maximum atomic E-state index is 12.7. The zero-order chi connectivity index (χ0) is 19.1. The number of hydrogen-bond donors (Lipinski definition) is 2. The molecular weight excluding hydrogens is 378 g/mol. The van der Waals surface area contributed by atoms with Gasteiger partial charge in [-0.05, 0) is 32.1 Å². The largest absolute Gasteiger partial charge is 0.354 e. The topological polar surface area (TPSA) is 69.6 Å². The van der Waals surface area contributed by atoms with Crippen LogP contribution in [0, 0.1) is 5.92 Å². The van der Waals surface area contributed by atoms with Crippen LogP contribution in [0.5, 0.6) is 0 Å². The molecule has 0 spiro atoms. The minimum absolute atomic E-state index is 0.212. The zero-order valence-electron chi connectivity index (χ0n) is 16.4. The Labute approximate surface area is 170 Å². The summed E-state index contributed by atoms with van der Waals surface area (Å²) in [5.74, 6) is 3.59. The van der Waals surface area contributed by atoms with Gasteiger partial charge in [0.25, 0.3) is 0 Å². The number of amides is 1. The Morgan fingerprint density at radius 3 is 2.67 bits per heavy atom. The Bertz CT molecular complexity index is 634. The van der Waals surface area contributed by atoms with Crippen molar-refractivity contribution in [3.63, 3.8) is 0 Å². The molecule has 150 valence electrons. The van der Waals surface area contributed by atoms with Gasteiger partial charge >= 0.3 is 0 Å². The molecule has 0 aromatic carbocycles. The molecule has 8 heteroatoms. The first-order valence-corrected chi connectivity index (χ1v) is 12.0. The van der Waals surface area contributed by atoms with E-state index in [-0.39, 0.29) is 5.92 Å². The number of thioether (sulfide) groups is 1. The number of carbonyl (C=O) groups is 1. The lowest BCUT2D eigenvalue weighted by molar-refractivity contribution is -0.136. The van der Waals surface area contributed by atoms with Gasteiger partial charge in [0.1, 0.15) is 0 Å². The third-order valence-corrected chi connectivity index (χ3v) is 7.29. The van der Waals surface area contributed by atoms with Crippen LogP contribution in [0.2, 0.25) is 0 Å². The van der Waals surface area contributed by atoms with Gasteiger partial charge in [-0.15, -0.1) is 11.3 Å². The zero-order valence-corrected chi connectivity index (χ0v) is 18.0. The van der Waals surface area contributed by atoms with Crippen LogP contribution in [0.25, 0.3) is 0 Å². The molecule has 1 saturated heterocycles. The van der Waals surface area contributed by atoms with E-state index in [0.717, 1.165) is 68.4 Å². The van der Waals surface area contributed by atoms with Gasteiger partial charge in [0.05, 0.1) is 17.2 Å². The number of rotatable bonds is 5. The number of hydrogen-bond acceptors (Lipinski definition) is 5. The maximum absolute atomic E-state index is 12.7. The minimum Gasteiger partial charge on any atom is -0.354 e. The van der Waals surface area contributed by atoms with Crippen LogP contribution in [0.1, 0.15) is 43.3 Å². The van der Waals surface area contributed by atoms with E-state index in [2.05, 4.69) is 37.8 Å². The van der Waals surface area contributed by atoms with Crippen molar-refractivity contribution in [2.75, 3.05) is 31.6 Å². The summed E-state index contributed by atoms with van der Waals surface area (Å²) >= 11 is 3.66. The Balaban J connectivity index is 1.41. The molecular formula is C19H31N5OS2. The van der Waals surface area contributed by atoms with Crippen molar-refractivity contribution in [3.8, 4) is 0 Å². The molecule has 2 heterocycles. The number of carbonyl (C=O) groups excluding carboxylic acids is 1. The molecule has 0 atom stereocenters. The number of nitrogens with zero attached hydrogens (tertiary/aromatic N) is 3. The lowest BCUT2D eigenvalue weighted by atomic mass is 9.85. The van der Waals surface area contributed by atoms with Crippen LogP contribution < -0.4 is 10.6 Å². The van der Waals surface area contributed by atoms with Gasteiger partial charge in [-0.25, -0.2) is 4.98 Å². The summed E-state index contributed by atoms with van der Waals surface area (Å²) in [6.07, 6.45) is 4.98. The third kappa shape index (κ3) is 5.85. The lowest BCUT2D eigenvalue weighted by Gasteiger charge is -2.34. The van der Waals surface area contributed by atoms with E-state index in [4.69, 9.17) is 0 Å². The molecule has 3 rings (SSSR count). The molecule has 27 heavy (non-hydrogen) atoms. The Hall–Kier alpha value is -1.28. The van der Waals surface area contributed by atoms with Crippen molar-refractivity contribution in [1.29, 1.82) is 0 Å². The average Bonchev–Trinajstić information content (AvgIpc) is 3.20. The molecule has 1 aromatic rings. The van der Waals surface area contributed by atoms with Gasteiger partial charge in [0.2, 0.25) is 5.91 Å². The van der Waals surface area contributed by atoms with Gasteiger partial charge < -0.3 is 15.5 Å². The normalized spacial score (nSPS) is 23.9. The van der Waals surface area contributed by atoms with Crippen molar-refractivity contribution >= 4 is 35.0 Å². The van der Waals surface area contributed by atoms with E-state index in [1.165, 1.54) is 5.01 Å². The van der Waals surface area contributed by atoms with E-state index >= 15 is 0 Å². The van der Waals surface area contributed by atoms with E-state index < -0.39 is 0 Å². The highest BCUT2D eigenvalue weighted by molar-refractivity contribution is 7.99. The summed E-state index contributed by atoms with van der Waals surface area (Å²) in [6, 6.07) is 0.388. The summed E-state index contributed by atoms with van der Waals surface area (Å²) in [5, 5.41) is 10.2. The second-order valence-corrected chi connectivity index (χ2v) is 9.31. The van der Waals surface area contributed by atoms with Crippen LogP contribution in [0.3, 0.4) is 0 Å².